The third-order valence-electron chi connectivity index (χ3n) is 5.94. The third kappa shape index (κ3) is 2.99. The van der Waals surface area contributed by atoms with Crippen LogP contribution in [-0.2, 0) is 0 Å². The number of fused-ring (bicyclic) bond motifs is 1. The molecule has 4 rings (SSSR count). The van der Waals surface area contributed by atoms with Gasteiger partial charge in [0.25, 0.3) is 11.8 Å². The van der Waals surface area contributed by atoms with Crippen LogP contribution in [0.5, 0.6) is 5.75 Å². The topological polar surface area (TPSA) is 61.9 Å². The first-order chi connectivity index (χ1) is 13.4. The van der Waals surface area contributed by atoms with E-state index in [-0.39, 0.29) is 11.8 Å². The van der Waals surface area contributed by atoms with Gasteiger partial charge in [-0.1, -0.05) is 17.7 Å². The van der Waals surface area contributed by atoms with Gasteiger partial charge in [0.1, 0.15) is 11.4 Å². The van der Waals surface area contributed by atoms with E-state index in [1.807, 2.05) is 55.3 Å². The second-order valence-corrected chi connectivity index (χ2v) is 7.59. The number of likely N-dealkylation sites (tertiary alicyclic amines) is 1. The lowest BCUT2D eigenvalue weighted by atomic mass is 9.90. The number of anilines is 1. The molecular weight excluding hydrogens is 354 g/mol. The molecule has 0 aliphatic carbocycles. The minimum absolute atomic E-state index is 0.00503. The summed E-state index contributed by atoms with van der Waals surface area (Å²) >= 11 is 0. The zero-order valence-corrected chi connectivity index (χ0v) is 16.5. The summed E-state index contributed by atoms with van der Waals surface area (Å²) in [4.78, 5) is 29.6. The molecule has 1 saturated heterocycles. The SMILES string of the molecule is COc1cccc(C(=O)N2CCC3(CC2)NC(=O)c2cc(C)ccc2N3C)c1. The van der Waals surface area contributed by atoms with Crippen LogP contribution in [-0.4, -0.2) is 49.6 Å². The van der Waals surface area contributed by atoms with E-state index in [2.05, 4.69) is 10.2 Å². The second kappa shape index (κ2) is 6.86. The monoisotopic (exact) mass is 379 g/mol. The van der Waals surface area contributed by atoms with Crippen molar-refractivity contribution in [1.82, 2.24) is 10.2 Å². The third-order valence-corrected chi connectivity index (χ3v) is 5.94. The first-order valence-corrected chi connectivity index (χ1v) is 9.54. The minimum Gasteiger partial charge on any atom is -0.497 e. The molecule has 0 radical (unpaired) electrons. The molecule has 2 amide bonds. The number of carbonyl (C=O) groups excluding carboxylic acids is 2. The first kappa shape index (κ1) is 18.3. The standard InChI is InChI=1S/C22H25N3O3/c1-15-7-8-19-18(13-15)20(26)23-22(24(19)2)9-11-25(12-10-22)21(27)16-5-4-6-17(14-16)28-3/h4-8,13-14H,9-12H2,1-3H3,(H,23,26). The second-order valence-electron chi connectivity index (χ2n) is 7.59. The van der Waals surface area contributed by atoms with Gasteiger partial charge in [0.15, 0.2) is 0 Å². The van der Waals surface area contributed by atoms with Gasteiger partial charge >= 0.3 is 0 Å². The summed E-state index contributed by atoms with van der Waals surface area (Å²) in [6.07, 6.45) is 1.36. The summed E-state index contributed by atoms with van der Waals surface area (Å²) in [6.45, 7) is 3.16. The number of benzene rings is 2. The Labute approximate surface area is 165 Å². The number of carbonyl (C=O) groups is 2. The molecule has 6 nitrogen and oxygen atoms in total. The summed E-state index contributed by atoms with van der Waals surface area (Å²) in [5, 5.41) is 3.21. The van der Waals surface area contributed by atoms with Gasteiger partial charge in [-0.25, -0.2) is 0 Å². The van der Waals surface area contributed by atoms with E-state index in [9.17, 15) is 9.59 Å². The Morgan fingerprint density at radius 3 is 2.61 bits per heavy atom. The maximum Gasteiger partial charge on any atom is 0.255 e. The van der Waals surface area contributed by atoms with Crippen molar-refractivity contribution in [3.05, 3.63) is 59.2 Å². The molecule has 0 saturated carbocycles. The van der Waals surface area contributed by atoms with E-state index in [4.69, 9.17) is 4.74 Å². The highest BCUT2D eigenvalue weighted by molar-refractivity contribution is 6.02. The number of aryl methyl sites for hydroxylation is 1. The maximum atomic E-state index is 12.9. The number of piperidine rings is 1. The molecular formula is C22H25N3O3. The van der Waals surface area contributed by atoms with Crippen LogP contribution in [0.4, 0.5) is 5.69 Å². The smallest absolute Gasteiger partial charge is 0.255 e. The number of hydrogen-bond acceptors (Lipinski definition) is 4. The van der Waals surface area contributed by atoms with Crippen molar-refractivity contribution in [1.29, 1.82) is 0 Å². The lowest BCUT2D eigenvalue weighted by Crippen LogP contribution is -2.67. The van der Waals surface area contributed by atoms with Crippen molar-refractivity contribution in [2.75, 3.05) is 32.1 Å². The summed E-state index contributed by atoms with van der Waals surface area (Å²) in [5.74, 6) is 0.629. The van der Waals surface area contributed by atoms with Crippen LogP contribution in [0.1, 0.15) is 39.1 Å². The van der Waals surface area contributed by atoms with Crippen LogP contribution in [0.3, 0.4) is 0 Å². The normalized spacial score (nSPS) is 17.9. The number of nitrogens with zero attached hydrogens (tertiary/aromatic N) is 2. The lowest BCUT2D eigenvalue weighted by Gasteiger charge is -2.51. The molecule has 6 heteroatoms. The minimum atomic E-state index is -0.454. The average Bonchev–Trinajstić information content (AvgIpc) is 2.72. The van der Waals surface area contributed by atoms with Gasteiger partial charge in [-0.15, -0.1) is 0 Å². The molecule has 2 heterocycles. The molecule has 0 aromatic heterocycles. The lowest BCUT2D eigenvalue weighted by molar-refractivity contribution is 0.0608. The predicted octanol–water partition coefficient (Wildman–Crippen LogP) is 2.82. The number of rotatable bonds is 2. The van der Waals surface area contributed by atoms with Crippen LogP contribution < -0.4 is 15.0 Å². The molecule has 2 aromatic carbocycles. The van der Waals surface area contributed by atoms with E-state index in [1.165, 1.54) is 0 Å². The van der Waals surface area contributed by atoms with E-state index in [0.29, 0.717) is 42.8 Å². The van der Waals surface area contributed by atoms with E-state index >= 15 is 0 Å². The van der Waals surface area contributed by atoms with Crippen molar-refractivity contribution >= 4 is 17.5 Å². The molecule has 1 N–H and O–H groups in total. The number of ether oxygens (including phenoxy) is 1. The highest BCUT2D eigenvalue weighted by atomic mass is 16.5. The Bertz CT molecular complexity index is 932. The number of methoxy groups -OCH3 is 1. The Balaban J connectivity index is 1.52. The van der Waals surface area contributed by atoms with Gasteiger partial charge < -0.3 is 19.9 Å². The van der Waals surface area contributed by atoms with Gasteiger partial charge in [0.05, 0.1) is 18.4 Å². The quantitative estimate of drug-likeness (QED) is 0.872. The van der Waals surface area contributed by atoms with E-state index < -0.39 is 5.66 Å². The Hall–Kier alpha value is -3.02. The van der Waals surface area contributed by atoms with Gasteiger partial charge in [-0.2, -0.15) is 0 Å². The summed E-state index contributed by atoms with van der Waals surface area (Å²) in [7, 11) is 3.61. The molecule has 0 atom stereocenters. The Kier molecular flexibility index (Phi) is 4.49. The van der Waals surface area contributed by atoms with Crippen molar-refractivity contribution in [2.24, 2.45) is 0 Å². The molecule has 2 aliphatic rings. The highest BCUT2D eigenvalue weighted by Crippen LogP contribution is 2.36. The molecule has 1 spiro atoms. The average molecular weight is 379 g/mol. The van der Waals surface area contributed by atoms with Gasteiger partial charge in [-0.3, -0.25) is 9.59 Å². The fourth-order valence-corrected chi connectivity index (χ4v) is 4.20. The zero-order valence-electron chi connectivity index (χ0n) is 16.5. The summed E-state index contributed by atoms with van der Waals surface area (Å²) in [5.41, 5.74) is 2.89. The van der Waals surface area contributed by atoms with Crippen LogP contribution in [0, 0.1) is 6.92 Å². The van der Waals surface area contributed by atoms with Gasteiger partial charge in [0.2, 0.25) is 0 Å². The van der Waals surface area contributed by atoms with E-state index in [1.54, 1.807) is 13.2 Å². The summed E-state index contributed by atoms with van der Waals surface area (Å²) in [6, 6.07) is 13.2. The number of amides is 2. The fraction of sp³-hybridized carbons (Fsp3) is 0.364. The molecule has 1 fully saturated rings. The Morgan fingerprint density at radius 2 is 1.89 bits per heavy atom. The van der Waals surface area contributed by atoms with Gasteiger partial charge in [-0.05, 0) is 37.3 Å². The van der Waals surface area contributed by atoms with Crippen molar-refractivity contribution in [3.8, 4) is 5.75 Å². The predicted molar refractivity (Wildman–Crippen MR) is 108 cm³/mol. The van der Waals surface area contributed by atoms with Gasteiger partial charge in [0, 0.05) is 38.5 Å². The largest absolute Gasteiger partial charge is 0.497 e. The first-order valence-electron chi connectivity index (χ1n) is 9.54. The van der Waals surface area contributed by atoms with Crippen LogP contribution in [0.25, 0.3) is 0 Å². The molecule has 0 bridgehead atoms. The van der Waals surface area contributed by atoms with Crippen LogP contribution >= 0.6 is 0 Å². The maximum absolute atomic E-state index is 12.9. The van der Waals surface area contributed by atoms with Crippen molar-refractivity contribution in [2.45, 2.75) is 25.4 Å². The van der Waals surface area contributed by atoms with Crippen LogP contribution in [0.15, 0.2) is 42.5 Å². The highest BCUT2D eigenvalue weighted by Gasteiger charge is 2.44. The van der Waals surface area contributed by atoms with E-state index in [0.717, 1.165) is 11.3 Å². The number of hydrogen-bond donors (Lipinski definition) is 1. The van der Waals surface area contributed by atoms with Crippen molar-refractivity contribution < 1.29 is 14.3 Å². The van der Waals surface area contributed by atoms with Crippen molar-refractivity contribution in [3.63, 3.8) is 0 Å². The summed E-state index contributed by atoms with van der Waals surface area (Å²) < 4.78 is 5.23. The zero-order chi connectivity index (χ0) is 19.9. The fourth-order valence-electron chi connectivity index (χ4n) is 4.20. The Morgan fingerprint density at radius 1 is 1.14 bits per heavy atom. The molecule has 2 aromatic rings. The number of nitrogens with one attached hydrogen (secondary N) is 1. The molecule has 2 aliphatic heterocycles. The molecule has 146 valence electrons. The van der Waals surface area contributed by atoms with Crippen LogP contribution in [0.2, 0.25) is 0 Å². The molecule has 28 heavy (non-hydrogen) atoms. The molecule has 0 unspecified atom stereocenters.